The van der Waals surface area contributed by atoms with Crippen molar-refractivity contribution in [2.75, 3.05) is 0 Å². The van der Waals surface area contributed by atoms with Crippen molar-refractivity contribution in [1.29, 1.82) is 0 Å². The molecule has 0 bridgehead atoms. The lowest BCUT2D eigenvalue weighted by atomic mass is 10.7. The second-order valence-electron chi connectivity index (χ2n) is 1.68. The maximum atomic E-state index is 3.71. The fourth-order valence-corrected chi connectivity index (χ4v) is 0.638. The van der Waals surface area contributed by atoms with Gasteiger partial charge in [0.1, 0.15) is 11.3 Å². The normalized spacial score (nSPS) is 15.0. The van der Waals surface area contributed by atoms with E-state index in [1.807, 2.05) is 0 Å². The third-order valence-electron chi connectivity index (χ3n) is 1.06. The van der Waals surface area contributed by atoms with Gasteiger partial charge in [0, 0.05) is 0 Å². The maximum absolute atomic E-state index is 3.71. The second-order valence-corrected chi connectivity index (χ2v) is 1.68. The average Bonchev–Trinajstić information content (AvgIpc) is 2.59. The molecular formula is C4H4N6+. The van der Waals surface area contributed by atoms with Crippen LogP contribution < -0.4 is 10.6 Å². The highest BCUT2D eigenvalue weighted by Crippen LogP contribution is 2.02. The first-order valence-electron chi connectivity index (χ1n) is 2.70. The third kappa shape index (κ3) is 0.661. The Morgan fingerprint density at radius 2 is 2.60 bits per heavy atom. The summed E-state index contributed by atoms with van der Waals surface area (Å²) in [6.07, 6.45) is 4.90. The van der Waals surface area contributed by atoms with Gasteiger partial charge in [-0.1, -0.05) is 10.6 Å². The average molecular weight is 136 g/mol. The van der Waals surface area contributed by atoms with Gasteiger partial charge in [0.25, 0.3) is 5.82 Å². The molecule has 1 aliphatic rings. The summed E-state index contributed by atoms with van der Waals surface area (Å²) in [6.45, 7) is 0. The topological polar surface area (TPSA) is 69.2 Å². The zero-order chi connectivity index (χ0) is 6.81. The molecule has 1 N–H and O–H groups in total. The van der Waals surface area contributed by atoms with Gasteiger partial charge in [-0.05, 0) is 0 Å². The minimum absolute atomic E-state index is 0.637. The molecule has 0 unspecified atom stereocenters. The number of hydrogen-bond acceptors (Lipinski definition) is 5. The summed E-state index contributed by atoms with van der Waals surface area (Å²) in [5.74, 6) is 0.637. The van der Waals surface area contributed by atoms with Crippen LogP contribution in [-0.4, -0.2) is 15.0 Å². The van der Waals surface area contributed by atoms with E-state index in [4.69, 9.17) is 0 Å². The van der Waals surface area contributed by atoms with Crippen molar-refractivity contribution in [1.82, 2.24) is 25.6 Å². The summed E-state index contributed by atoms with van der Waals surface area (Å²) in [7, 11) is 0. The fraction of sp³-hybridized carbons (Fsp3) is 0. The molecule has 0 atom stereocenters. The molecule has 10 heavy (non-hydrogen) atoms. The van der Waals surface area contributed by atoms with E-state index in [1.165, 1.54) is 4.68 Å². The van der Waals surface area contributed by atoms with Gasteiger partial charge in [-0.3, -0.25) is 0 Å². The molecule has 1 aromatic heterocycles. The third-order valence-corrected chi connectivity index (χ3v) is 1.06. The Hall–Kier alpha value is -1.72. The summed E-state index contributed by atoms with van der Waals surface area (Å²) in [5, 5.41) is 14.5. The standard InChI is InChI=1S/C4H4N6/c1-2-10(9-5-1)4-3-6-8-7-4/h1-3H,(H,6,7)/q+1. The molecule has 0 aliphatic carbocycles. The predicted molar refractivity (Wildman–Crippen MR) is 32.0 cm³/mol. The van der Waals surface area contributed by atoms with E-state index in [2.05, 4.69) is 26.1 Å². The van der Waals surface area contributed by atoms with E-state index in [0.29, 0.717) is 5.82 Å². The Balaban J connectivity index is 2.36. The van der Waals surface area contributed by atoms with Gasteiger partial charge < -0.3 is 0 Å². The molecule has 0 amide bonds. The first-order chi connectivity index (χ1) is 4.97. The van der Waals surface area contributed by atoms with Gasteiger partial charge in [-0.15, -0.1) is 5.10 Å². The number of hydrogen-bond donors (Lipinski definition) is 1. The van der Waals surface area contributed by atoms with Crippen molar-refractivity contribution >= 4 is 5.82 Å². The van der Waals surface area contributed by atoms with Crippen LogP contribution in [0, 0.1) is 0 Å². The Bertz CT molecular complexity index is 270. The number of rotatable bonds is 1. The van der Waals surface area contributed by atoms with Crippen molar-refractivity contribution in [3.8, 4) is 0 Å². The van der Waals surface area contributed by atoms with Gasteiger partial charge in [0.2, 0.25) is 0 Å². The molecule has 0 aromatic carbocycles. The van der Waals surface area contributed by atoms with E-state index in [-0.39, 0.29) is 0 Å². The van der Waals surface area contributed by atoms with E-state index >= 15 is 0 Å². The van der Waals surface area contributed by atoms with Gasteiger partial charge in [0.15, 0.2) is 0 Å². The maximum Gasteiger partial charge on any atom is 0.332 e. The molecule has 6 nitrogen and oxygen atoms in total. The number of nitrogens with zero attached hydrogens (tertiary/aromatic N) is 5. The summed E-state index contributed by atoms with van der Waals surface area (Å²) < 4.78 is 1.52. The first-order valence-corrected chi connectivity index (χ1v) is 2.70. The zero-order valence-corrected chi connectivity index (χ0v) is 4.97. The monoisotopic (exact) mass is 136 g/mol. The molecule has 0 fully saturated rings. The van der Waals surface area contributed by atoms with Crippen molar-refractivity contribution in [3.63, 3.8) is 0 Å². The second kappa shape index (κ2) is 1.90. The van der Waals surface area contributed by atoms with Crippen LogP contribution in [0.15, 0.2) is 23.7 Å². The molecule has 2 heterocycles. The number of nitrogens with one attached hydrogen (secondary N) is 1. The summed E-state index contributed by atoms with van der Waals surface area (Å²) in [5.41, 5.74) is 2.57. The minimum atomic E-state index is 0.637. The van der Waals surface area contributed by atoms with Gasteiger partial charge in [-0.2, -0.15) is 4.68 Å². The highest BCUT2D eigenvalue weighted by Gasteiger charge is 2.11. The molecule has 6 heteroatoms. The Kier molecular flexibility index (Phi) is 0.970. The molecule has 49 valence electrons. The largest absolute Gasteiger partial charge is 0.332 e. The van der Waals surface area contributed by atoms with Crippen LogP contribution in [0.5, 0.6) is 0 Å². The predicted octanol–water partition coefficient (Wildman–Crippen LogP) is -0.660. The van der Waals surface area contributed by atoms with Crippen molar-refractivity contribution in [2.45, 2.75) is 0 Å². The Morgan fingerprint density at radius 3 is 3.20 bits per heavy atom. The Morgan fingerprint density at radius 1 is 1.60 bits per heavy atom. The van der Waals surface area contributed by atoms with Crippen molar-refractivity contribution in [2.24, 2.45) is 5.11 Å². The molecule has 1 radical (unpaired) electrons. The lowest BCUT2D eigenvalue weighted by Crippen LogP contribution is -1.98. The van der Waals surface area contributed by atoms with Crippen LogP contribution in [0.25, 0.3) is 5.82 Å². The van der Waals surface area contributed by atoms with Crippen LogP contribution in [0.4, 0.5) is 0 Å². The minimum Gasteiger partial charge on any atom is -0.195 e. The molecular weight excluding hydrogens is 132 g/mol. The summed E-state index contributed by atoms with van der Waals surface area (Å²) in [6, 6.07) is 0. The fourth-order valence-electron chi connectivity index (χ4n) is 0.638. The summed E-state index contributed by atoms with van der Waals surface area (Å²) >= 11 is 0. The highest BCUT2D eigenvalue weighted by molar-refractivity contribution is 5.40. The van der Waals surface area contributed by atoms with Crippen LogP contribution in [0.2, 0.25) is 0 Å². The molecule has 1 aromatic rings. The lowest BCUT2D eigenvalue weighted by molar-refractivity contribution is 0.783. The van der Waals surface area contributed by atoms with Gasteiger partial charge in [0.05, 0.1) is 12.4 Å². The van der Waals surface area contributed by atoms with E-state index in [1.54, 1.807) is 18.6 Å². The van der Waals surface area contributed by atoms with Crippen molar-refractivity contribution in [3.05, 3.63) is 18.6 Å². The molecule has 2 rings (SSSR count). The van der Waals surface area contributed by atoms with E-state index in [9.17, 15) is 0 Å². The van der Waals surface area contributed by atoms with Gasteiger partial charge >= 0.3 is 5.22 Å². The van der Waals surface area contributed by atoms with E-state index < -0.39 is 0 Å². The van der Waals surface area contributed by atoms with Crippen LogP contribution >= 0.6 is 0 Å². The highest BCUT2D eigenvalue weighted by atomic mass is 15.5. The lowest BCUT2D eigenvalue weighted by Gasteiger charge is -1.85. The van der Waals surface area contributed by atoms with Crippen LogP contribution in [0.1, 0.15) is 0 Å². The number of aromatic nitrogens is 3. The quantitative estimate of drug-likeness (QED) is 0.557. The molecule has 0 spiro atoms. The molecule has 0 saturated carbocycles. The van der Waals surface area contributed by atoms with E-state index in [0.717, 1.165) is 0 Å². The zero-order valence-electron chi connectivity index (χ0n) is 4.97. The smallest absolute Gasteiger partial charge is 0.195 e. The SMILES string of the molecule is C1=C(n2ccnn2)N=[N+]N1. The van der Waals surface area contributed by atoms with Crippen LogP contribution in [0.3, 0.4) is 0 Å². The summed E-state index contributed by atoms with van der Waals surface area (Å²) in [4.78, 5) is 0. The van der Waals surface area contributed by atoms with Crippen molar-refractivity contribution < 1.29 is 0 Å². The van der Waals surface area contributed by atoms with Gasteiger partial charge in [-0.25, -0.2) is 0 Å². The first kappa shape index (κ1) is 5.10. The molecule has 1 aliphatic heterocycles. The Labute approximate surface area is 56.2 Å². The van der Waals surface area contributed by atoms with Crippen LogP contribution in [-0.2, 0) is 0 Å². The molecule has 0 saturated heterocycles.